The topological polar surface area (TPSA) is 83.3 Å². The van der Waals surface area contributed by atoms with Gasteiger partial charge in [0.1, 0.15) is 5.56 Å². The molecule has 0 N–H and O–H groups in total. The summed E-state index contributed by atoms with van der Waals surface area (Å²) in [4.78, 5) is 36.4. The molecule has 1 atom stereocenters. The van der Waals surface area contributed by atoms with Gasteiger partial charge in [-0.15, -0.1) is 0 Å². The summed E-state index contributed by atoms with van der Waals surface area (Å²) in [5.74, 6) is -0.227. The van der Waals surface area contributed by atoms with Gasteiger partial charge in [-0.05, 0) is 24.6 Å². The van der Waals surface area contributed by atoms with Crippen molar-refractivity contribution in [3.05, 3.63) is 60.0 Å². The Morgan fingerprint density at radius 2 is 1.78 bits per heavy atom. The number of morpholine rings is 1. The number of hydrogen-bond donors (Lipinski definition) is 0. The van der Waals surface area contributed by atoms with E-state index in [9.17, 15) is 9.59 Å². The molecule has 9 nitrogen and oxygen atoms in total. The van der Waals surface area contributed by atoms with E-state index >= 15 is 0 Å². The summed E-state index contributed by atoms with van der Waals surface area (Å²) in [6.07, 6.45) is 4.45. The average molecular weight is 435 g/mol. The number of ether oxygens (including phenoxy) is 1. The third kappa shape index (κ3) is 3.91. The first-order valence-electron chi connectivity index (χ1n) is 10.9. The highest BCUT2D eigenvalue weighted by Gasteiger charge is 2.34. The Labute approximate surface area is 186 Å². The zero-order valence-corrected chi connectivity index (χ0v) is 18.1. The van der Waals surface area contributed by atoms with Crippen LogP contribution in [0.5, 0.6) is 0 Å². The molecular weight excluding hydrogens is 408 g/mol. The van der Waals surface area contributed by atoms with Crippen LogP contribution in [0.3, 0.4) is 0 Å². The molecule has 0 spiro atoms. The van der Waals surface area contributed by atoms with Gasteiger partial charge in [-0.1, -0.05) is 18.2 Å². The molecule has 0 saturated carbocycles. The monoisotopic (exact) mass is 434 g/mol. The van der Waals surface area contributed by atoms with Gasteiger partial charge in [-0.25, -0.2) is 9.50 Å². The van der Waals surface area contributed by atoms with Gasteiger partial charge in [0.15, 0.2) is 11.8 Å². The minimum absolute atomic E-state index is 0.0520. The highest BCUT2D eigenvalue weighted by molar-refractivity contribution is 6.00. The first kappa shape index (κ1) is 20.4. The highest BCUT2D eigenvalue weighted by atomic mass is 16.5. The number of nitrogens with zero attached hydrogens (tertiary/aromatic N) is 6. The van der Waals surface area contributed by atoms with Crippen molar-refractivity contribution in [2.45, 2.75) is 13.0 Å². The summed E-state index contributed by atoms with van der Waals surface area (Å²) in [7, 11) is 0. The molecule has 2 fully saturated rings. The zero-order chi connectivity index (χ0) is 22.1. The average Bonchev–Trinajstić information content (AvgIpc) is 3.27. The minimum atomic E-state index is -0.645. The van der Waals surface area contributed by atoms with Gasteiger partial charge in [-0.3, -0.25) is 9.59 Å². The lowest BCUT2D eigenvalue weighted by atomic mass is 10.2. The largest absolute Gasteiger partial charge is 0.368 e. The van der Waals surface area contributed by atoms with Crippen LogP contribution in [0.4, 0.5) is 5.69 Å². The molecule has 4 heterocycles. The molecular formula is C23H26N6O3. The first-order valence-corrected chi connectivity index (χ1v) is 10.9. The van der Waals surface area contributed by atoms with Crippen LogP contribution in [-0.4, -0.2) is 88.2 Å². The van der Waals surface area contributed by atoms with Crippen LogP contribution in [0, 0.1) is 6.92 Å². The number of carbonyl (C=O) groups is 2. The summed E-state index contributed by atoms with van der Waals surface area (Å²) >= 11 is 0. The van der Waals surface area contributed by atoms with Gasteiger partial charge >= 0.3 is 0 Å². The summed E-state index contributed by atoms with van der Waals surface area (Å²) in [5.41, 5.74) is 3.09. The van der Waals surface area contributed by atoms with Crippen LogP contribution in [0.15, 0.2) is 48.9 Å². The van der Waals surface area contributed by atoms with E-state index in [1.165, 1.54) is 5.69 Å². The SMILES string of the molecule is Cc1cnc2c(C(=O)N3CCO[C@@H](C(=O)N4CCN(c5ccccc5)CC4)C3)cnn2c1. The number of rotatable bonds is 3. The lowest BCUT2D eigenvalue weighted by Crippen LogP contribution is -2.56. The van der Waals surface area contributed by atoms with Crippen molar-refractivity contribution < 1.29 is 14.3 Å². The molecule has 5 rings (SSSR count). The number of piperazine rings is 1. The smallest absolute Gasteiger partial charge is 0.259 e. The van der Waals surface area contributed by atoms with Gasteiger partial charge < -0.3 is 19.4 Å². The fourth-order valence-corrected chi connectivity index (χ4v) is 4.30. The minimum Gasteiger partial charge on any atom is -0.368 e. The second-order valence-corrected chi connectivity index (χ2v) is 8.22. The van der Waals surface area contributed by atoms with Gasteiger partial charge in [0.25, 0.3) is 11.8 Å². The second-order valence-electron chi connectivity index (χ2n) is 8.22. The third-order valence-electron chi connectivity index (χ3n) is 6.06. The van der Waals surface area contributed by atoms with Crippen LogP contribution in [0.25, 0.3) is 5.65 Å². The summed E-state index contributed by atoms with van der Waals surface area (Å²) < 4.78 is 7.38. The van der Waals surface area contributed by atoms with Crippen molar-refractivity contribution in [2.75, 3.05) is 50.8 Å². The number of benzene rings is 1. The first-order chi connectivity index (χ1) is 15.6. The van der Waals surface area contributed by atoms with Crippen LogP contribution in [-0.2, 0) is 9.53 Å². The van der Waals surface area contributed by atoms with Crippen molar-refractivity contribution in [1.82, 2.24) is 24.4 Å². The van der Waals surface area contributed by atoms with Crippen LogP contribution in [0.1, 0.15) is 15.9 Å². The molecule has 2 aromatic heterocycles. The second kappa shape index (κ2) is 8.58. The van der Waals surface area contributed by atoms with Crippen molar-refractivity contribution in [3.8, 4) is 0 Å². The Hall–Kier alpha value is -3.46. The van der Waals surface area contributed by atoms with E-state index in [4.69, 9.17) is 4.74 Å². The number of carbonyl (C=O) groups excluding carboxylic acids is 2. The molecule has 3 aromatic rings. The summed E-state index contributed by atoms with van der Waals surface area (Å²) in [6, 6.07) is 10.2. The molecule has 32 heavy (non-hydrogen) atoms. The molecule has 2 amide bonds. The van der Waals surface area contributed by atoms with Crippen molar-refractivity contribution in [1.29, 1.82) is 0 Å². The van der Waals surface area contributed by atoms with Gasteiger partial charge in [0.05, 0.1) is 19.3 Å². The number of para-hydroxylation sites is 1. The lowest BCUT2D eigenvalue weighted by Gasteiger charge is -2.39. The van der Waals surface area contributed by atoms with E-state index in [1.807, 2.05) is 36.2 Å². The number of fused-ring (bicyclic) bond motifs is 1. The summed E-state index contributed by atoms with van der Waals surface area (Å²) in [5, 5.41) is 4.25. The molecule has 0 bridgehead atoms. The Bertz CT molecular complexity index is 1120. The molecule has 0 radical (unpaired) electrons. The standard InChI is InChI=1S/C23H26N6O3/c1-17-13-24-21-19(14-25-29(21)15-17)22(30)28-11-12-32-20(16-28)23(31)27-9-7-26(8-10-27)18-5-3-2-4-6-18/h2-6,13-15,20H,7-12,16H2,1H3/t20-/m1/s1. The number of aromatic nitrogens is 3. The van der Waals surface area contributed by atoms with E-state index in [0.717, 1.165) is 18.7 Å². The van der Waals surface area contributed by atoms with Crippen molar-refractivity contribution in [2.24, 2.45) is 0 Å². The third-order valence-corrected chi connectivity index (χ3v) is 6.06. The molecule has 166 valence electrons. The van der Waals surface area contributed by atoms with Gasteiger partial charge in [0.2, 0.25) is 0 Å². The molecule has 9 heteroatoms. The molecule has 0 unspecified atom stereocenters. The maximum atomic E-state index is 13.1. The Kier molecular flexibility index (Phi) is 5.48. The number of amides is 2. The number of hydrogen-bond acceptors (Lipinski definition) is 6. The van der Waals surface area contributed by atoms with Crippen molar-refractivity contribution in [3.63, 3.8) is 0 Å². The van der Waals surface area contributed by atoms with E-state index in [2.05, 4.69) is 27.1 Å². The predicted octanol–water partition coefficient (Wildman–Crippen LogP) is 1.23. The fraction of sp³-hybridized carbons (Fsp3) is 0.391. The molecule has 1 aromatic carbocycles. The van der Waals surface area contributed by atoms with Crippen LogP contribution < -0.4 is 4.90 Å². The molecule has 0 aliphatic carbocycles. The van der Waals surface area contributed by atoms with E-state index in [-0.39, 0.29) is 18.4 Å². The summed E-state index contributed by atoms with van der Waals surface area (Å²) in [6.45, 7) is 5.76. The Morgan fingerprint density at radius 1 is 1.00 bits per heavy atom. The number of anilines is 1. The lowest BCUT2D eigenvalue weighted by molar-refractivity contribution is -0.148. The van der Waals surface area contributed by atoms with Gasteiger partial charge in [0, 0.05) is 50.8 Å². The molecule has 2 aliphatic rings. The van der Waals surface area contributed by atoms with Crippen molar-refractivity contribution >= 4 is 23.1 Å². The normalized spacial score (nSPS) is 19.4. The number of aryl methyl sites for hydroxylation is 1. The van der Waals surface area contributed by atoms with Crippen LogP contribution in [0.2, 0.25) is 0 Å². The zero-order valence-electron chi connectivity index (χ0n) is 18.1. The highest BCUT2D eigenvalue weighted by Crippen LogP contribution is 2.19. The fourth-order valence-electron chi connectivity index (χ4n) is 4.30. The van der Waals surface area contributed by atoms with E-state index < -0.39 is 6.10 Å². The van der Waals surface area contributed by atoms with Gasteiger partial charge in [-0.2, -0.15) is 5.10 Å². The molecule has 2 saturated heterocycles. The Balaban J connectivity index is 1.23. The quantitative estimate of drug-likeness (QED) is 0.617. The van der Waals surface area contributed by atoms with Crippen LogP contribution >= 0.6 is 0 Å². The van der Waals surface area contributed by atoms with E-state index in [1.54, 1.807) is 21.8 Å². The maximum Gasteiger partial charge on any atom is 0.259 e. The molecule has 2 aliphatic heterocycles. The Morgan fingerprint density at radius 3 is 2.56 bits per heavy atom. The van der Waals surface area contributed by atoms with E-state index in [0.29, 0.717) is 37.5 Å². The predicted molar refractivity (Wildman–Crippen MR) is 119 cm³/mol. The maximum absolute atomic E-state index is 13.1.